The SMILES string of the molecule is COC(=O)/C(=C\I)C1CC1. The fourth-order valence-electron chi connectivity index (χ4n) is 0.812. The Morgan fingerprint density at radius 2 is 2.30 bits per heavy atom. The summed E-state index contributed by atoms with van der Waals surface area (Å²) in [6.45, 7) is 0. The van der Waals surface area contributed by atoms with Crippen molar-refractivity contribution in [1.82, 2.24) is 0 Å². The van der Waals surface area contributed by atoms with Crippen molar-refractivity contribution in [2.24, 2.45) is 5.92 Å². The largest absolute Gasteiger partial charge is 0.466 e. The summed E-state index contributed by atoms with van der Waals surface area (Å²) in [6.07, 6.45) is 2.29. The van der Waals surface area contributed by atoms with Crippen molar-refractivity contribution in [3.8, 4) is 0 Å². The molecule has 0 atom stereocenters. The molecule has 0 heterocycles. The van der Waals surface area contributed by atoms with Gasteiger partial charge in [-0.15, -0.1) is 0 Å². The van der Waals surface area contributed by atoms with Crippen molar-refractivity contribution >= 4 is 28.6 Å². The van der Waals surface area contributed by atoms with Gasteiger partial charge in [0.25, 0.3) is 0 Å². The molecule has 1 fully saturated rings. The maximum atomic E-state index is 10.9. The summed E-state index contributed by atoms with van der Waals surface area (Å²) in [5.41, 5.74) is 0.836. The van der Waals surface area contributed by atoms with E-state index in [9.17, 15) is 4.79 Å². The topological polar surface area (TPSA) is 26.3 Å². The second-order valence-corrected chi connectivity index (χ2v) is 2.95. The molecule has 0 radical (unpaired) electrons. The highest BCUT2D eigenvalue weighted by Crippen LogP contribution is 2.37. The summed E-state index contributed by atoms with van der Waals surface area (Å²) >= 11 is 2.08. The van der Waals surface area contributed by atoms with Crippen LogP contribution < -0.4 is 0 Å². The molecule has 3 heteroatoms. The van der Waals surface area contributed by atoms with Gasteiger partial charge in [-0.1, -0.05) is 22.6 Å². The molecule has 1 saturated carbocycles. The Morgan fingerprint density at radius 1 is 1.70 bits per heavy atom. The fraction of sp³-hybridized carbons (Fsp3) is 0.571. The number of rotatable bonds is 2. The average Bonchev–Trinajstić information content (AvgIpc) is 2.73. The third-order valence-electron chi connectivity index (χ3n) is 1.56. The lowest BCUT2D eigenvalue weighted by Crippen LogP contribution is -2.05. The molecule has 0 N–H and O–H groups in total. The molecule has 1 rings (SSSR count). The Balaban J connectivity index is 2.56. The van der Waals surface area contributed by atoms with Crippen LogP contribution in [0.2, 0.25) is 0 Å². The first-order valence-corrected chi connectivity index (χ1v) is 4.42. The van der Waals surface area contributed by atoms with Crippen LogP contribution in [0.4, 0.5) is 0 Å². The molecule has 1 aliphatic carbocycles. The third kappa shape index (κ3) is 1.71. The Bertz CT molecular complexity index is 170. The Labute approximate surface area is 73.8 Å². The van der Waals surface area contributed by atoms with Crippen molar-refractivity contribution in [3.63, 3.8) is 0 Å². The zero-order valence-electron chi connectivity index (χ0n) is 5.76. The van der Waals surface area contributed by atoms with Gasteiger partial charge in [0.1, 0.15) is 0 Å². The van der Waals surface area contributed by atoms with Gasteiger partial charge in [-0.3, -0.25) is 0 Å². The van der Waals surface area contributed by atoms with Gasteiger partial charge in [0.05, 0.1) is 7.11 Å². The average molecular weight is 252 g/mol. The summed E-state index contributed by atoms with van der Waals surface area (Å²) in [4.78, 5) is 10.9. The van der Waals surface area contributed by atoms with Gasteiger partial charge in [0.15, 0.2) is 0 Å². The van der Waals surface area contributed by atoms with Crippen molar-refractivity contribution in [2.45, 2.75) is 12.8 Å². The number of hydrogen-bond donors (Lipinski definition) is 0. The molecule has 0 saturated heterocycles. The highest BCUT2D eigenvalue weighted by atomic mass is 127. The van der Waals surface area contributed by atoms with E-state index in [0.29, 0.717) is 5.92 Å². The van der Waals surface area contributed by atoms with E-state index in [4.69, 9.17) is 0 Å². The lowest BCUT2D eigenvalue weighted by molar-refractivity contribution is -0.136. The maximum Gasteiger partial charge on any atom is 0.334 e. The highest BCUT2D eigenvalue weighted by Gasteiger charge is 2.30. The first-order valence-electron chi connectivity index (χ1n) is 3.18. The van der Waals surface area contributed by atoms with E-state index in [2.05, 4.69) is 27.3 Å². The first-order chi connectivity index (χ1) is 4.79. The monoisotopic (exact) mass is 252 g/mol. The van der Waals surface area contributed by atoms with Crippen LogP contribution in [0, 0.1) is 5.92 Å². The quantitative estimate of drug-likeness (QED) is 0.426. The lowest BCUT2D eigenvalue weighted by atomic mass is 10.2. The second-order valence-electron chi connectivity index (χ2n) is 2.33. The van der Waals surface area contributed by atoms with Gasteiger partial charge in [-0.05, 0) is 22.8 Å². The van der Waals surface area contributed by atoms with E-state index in [-0.39, 0.29) is 5.97 Å². The number of methoxy groups -OCH3 is 1. The van der Waals surface area contributed by atoms with Crippen molar-refractivity contribution < 1.29 is 9.53 Å². The minimum atomic E-state index is -0.170. The molecular weight excluding hydrogens is 243 g/mol. The van der Waals surface area contributed by atoms with E-state index >= 15 is 0 Å². The maximum absolute atomic E-state index is 10.9. The molecule has 1 aliphatic rings. The predicted octanol–water partition coefficient (Wildman–Crippen LogP) is 1.89. The number of halogens is 1. The van der Waals surface area contributed by atoms with Crippen LogP contribution in [0.15, 0.2) is 9.66 Å². The smallest absolute Gasteiger partial charge is 0.334 e. The van der Waals surface area contributed by atoms with Crippen LogP contribution in [-0.2, 0) is 9.53 Å². The van der Waals surface area contributed by atoms with E-state index in [1.807, 2.05) is 4.08 Å². The lowest BCUT2D eigenvalue weighted by Gasteiger charge is -1.99. The van der Waals surface area contributed by atoms with Crippen molar-refractivity contribution in [1.29, 1.82) is 0 Å². The molecule has 0 aromatic rings. The Morgan fingerprint density at radius 3 is 2.60 bits per heavy atom. The molecule has 0 spiro atoms. The minimum Gasteiger partial charge on any atom is -0.466 e. The summed E-state index contributed by atoms with van der Waals surface area (Å²) in [5, 5.41) is 0. The molecule has 10 heavy (non-hydrogen) atoms. The van der Waals surface area contributed by atoms with Crippen LogP contribution in [0.5, 0.6) is 0 Å². The molecule has 56 valence electrons. The first kappa shape index (κ1) is 8.04. The van der Waals surface area contributed by atoms with Crippen LogP contribution >= 0.6 is 22.6 Å². The molecular formula is C7H9IO2. The molecule has 0 aromatic carbocycles. The third-order valence-corrected chi connectivity index (χ3v) is 2.23. The Kier molecular flexibility index (Phi) is 2.71. The highest BCUT2D eigenvalue weighted by molar-refractivity contribution is 14.1. The summed E-state index contributed by atoms with van der Waals surface area (Å²) < 4.78 is 6.41. The number of carbonyl (C=O) groups is 1. The fourth-order valence-corrected chi connectivity index (χ4v) is 1.58. The van der Waals surface area contributed by atoms with Gasteiger partial charge in [-0.25, -0.2) is 4.79 Å². The molecule has 2 nitrogen and oxygen atoms in total. The Hall–Kier alpha value is -0.0600. The van der Waals surface area contributed by atoms with Gasteiger partial charge in [-0.2, -0.15) is 0 Å². The van der Waals surface area contributed by atoms with Gasteiger partial charge in [0, 0.05) is 5.57 Å². The van der Waals surface area contributed by atoms with Crippen molar-refractivity contribution in [3.05, 3.63) is 9.66 Å². The molecule has 0 aromatic heterocycles. The van der Waals surface area contributed by atoms with Crippen LogP contribution in [-0.4, -0.2) is 13.1 Å². The van der Waals surface area contributed by atoms with Gasteiger partial charge < -0.3 is 4.74 Å². The number of esters is 1. The number of hydrogen-bond acceptors (Lipinski definition) is 2. The van der Waals surface area contributed by atoms with Crippen molar-refractivity contribution in [2.75, 3.05) is 7.11 Å². The molecule has 0 bridgehead atoms. The molecule has 0 aliphatic heterocycles. The van der Waals surface area contributed by atoms with E-state index < -0.39 is 0 Å². The van der Waals surface area contributed by atoms with E-state index in [1.54, 1.807) is 0 Å². The normalized spacial score (nSPS) is 18.8. The summed E-state index contributed by atoms with van der Waals surface area (Å²) in [5.74, 6) is 0.321. The van der Waals surface area contributed by atoms with Gasteiger partial charge in [0.2, 0.25) is 0 Å². The molecule has 0 unspecified atom stereocenters. The zero-order valence-corrected chi connectivity index (χ0v) is 7.92. The molecule has 0 amide bonds. The van der Waals surface area contributed by atoms with E-state index in [0.717, 1.165) is 18.4 Å². The standard InChI is InChI=1S/C7H9IO2/c1-10-7(9)6(4-8)5-2-3-5/h4-5H,2-3H2,1H3/b6-4-. The predicted molar refractivity (Wildman–Crippen MR) is 46.8 cm³/mol. The van der Waals surface area contributed by atoms with Gasteiger partial charge >= 0.3 is 5.97 Å². The minimum absolute atomic E-state index is 0.170. The number of ether oxygens (including phenoxy) is 1. The zero-order chi connectivity index (χ0) is 7.56. The van der Waals surface area contributed by atoms with Crippen LogP contribution in [0.1, 0.15) is 12.8 Å². The van der Waals surface area contributed by atoms with Crippen LogP contribution in [0.3, 0.4) is 0 Å². The second kappa shape index (κ2) is 3.37. The van der Waals surface area contributed by atoms with Crippen LogP contribution in [0.25, 0.3) is 0 Å². The summed E-state index contributed by atoms with van der Waals surface area (Å²) in [7, 11) is 1.42. The number of carbonyl (C=O) groups excluding carboxylic acids is 1. The summed E-state index contributed by atoms with van der Waals surface area (Å²) in [6, 6.07) is 0. The van der Waals surface area contributed by atoms with E-state index in [1.165, 1.54) is 7.11 Å².